The molecule has 0 atom stereocenters. The van der Waals surface area contributed by atoms with Gasteiger partial charge in [-0.2, -0.15) is 0 Å². The fourth-order valence-corrected chi connectivity index (χ4v) is 5.58. The number of fused-ring (bicyclic) bond motifs is 1. The number of aromatic nitrogens is 2. The highest BCUT2D eigenvalue weighted by Gasteiger charge is 2.33. The summed E-state index contributed by atoms with van der Waals surface area (Å²) in [6.45, 7) is 9.15. The minimum absolute atomic E-state index is 0.117. The van der Waals surface area contributed by atoms with Crippen LogP contribution in [0, 0.1) is 6.92 Å². The smallest absolute Gasteiger partial charge is 0.267 e. The lowest BCUT2D eigenvalue weighted by atomic mass is 10.2. The fourth-order valence-electron chi connectivity index (χ4n) is 4.29. The van der Waals surface area contributed by atoms with Gasteiger partial charge in [0.05, 0.1) is 17.1 Å². The van der Waals surface area contributed by atoms with Crippen molar-refractivity contribution in [3.8, 4) is 0 Å². The van der Waals surface area contributed by atoms with Gasteiger partial charge in [0, 0.05) is 58.7 Å². The fraction of sp³-hybridized carbons (Fsp3) is 0.500. The molecule has 0 unspecified atom stereocenters. The quantitative estimate of drug-likeness (QED) is 0.303. The highest BCUT2D eigenvalue weighted by atomic mass is 32.2. The molecule has 0 bridgehead atoms. The molecular weight excluding hydrogens is 486 g/mol. The number of aliphatic hydroxyl groups excluding tert-OH is 1. The summed E-state index contributed by atoms with van der Waals surface area (Å²) in [5.41, 5.74) is 1.68. The molecule has 0 spiro atoms. The number of nitrogens with zero attached hydrogens (tertiary/aromatic N) is 5. The molecule has 0 radical (unpaired) electrons. The third kappa shape index (κ3) is 5.59. The zero-order valence-electron chi connectivity index (χ0n) is 20.1. The van der Waals surface area contributed by atoms with Crippen LogP contribution in [-0.4, -0.2) is 93.6 Å². The first-order valence-corrected chi connectivity index (χ1v) is 13.1. The molecule has 0 aliphatic carbocycles. The standard InChI is InChI=1S/C24H31N5O4S2/c1-3-33-15-5-8-29-23(32)19(35-24(29)34)16-18-21(27-11-9-26(10-12-27)13-14-30)25-20-17(2)6-4-7-28(20)22(18)31/h4,6-7,16,30H,3,5,8-15H2,1-2H3. The van der Waals surface area contributed by atoms with Crippen LogP contribution in [-0.2, 0) is 9.53 Å². The molecule has 188 valence electrons. The number of hydrogen-bond acceptors (Lipinski definition) is 9. The number of carbonyl (C=O) groups is 1. The summed E-state index contributed by atoms with van der Waals surface area (Å²) in [6.07, 6.45) is 4.05. The van der Waals surface area contributed by atoms with Crippen LogP contribution in [0.25, 0.3) is 11.7 Å². The normalized spacial score (nSPS) is 18.4. The number of amides is 1. The summed E-state index contributed by atoms with van der Waals surface area (Å²) in [5, 5.41) is 9.26. The van der Waals surface area contributed by atoms with Crippen LogP contribution < -0.4 is 10.5 Å². The summed E-state index contributed by atoms with van der Waals surface area (Å²) < 4.78 is 7.41. The lowest BCUT2D eigenvalue weighted by molar-refractivity contribution is -0.122. The molecule has 4 heterocycles. The van der Waals surface area contributed by atoms with E-state index in [4.69, 9.17) is 21.9 Å². The number of aryl methyl sites for hydroxylation is 1. The number of pyridine rings is 1. The van der Waals surface area contributed by atoms with E-state index in [9.17, 15) is 14.7 Å². The summed E-state index contributed by atoms with van der Waals surface area (Å²) in [5.74, 6) is 0.388. The van der Waals surface area contributed by atoms with Gasteiger partial charge in [-0.25, -0.2) is 4.98 Å². The van der Waals surface area contributed by atoms with Crippen LogP contribution >= 0.6 is 24.0 Å². The van der Waals surface area contributed by atoms with E-state index in [1.54, 1.807) is 17.2 Å². The zero-order chi connectivity index (χ0) is 24.9. The Morgan fingerprint density at radius 2 is 2.00 bits per heavy atom. The largest absolute Gasteiger partial charge is 0.395 e. The molecule has 2 fully saturated rings. The highest BCUT2D eigenvalue weighted by Crippen LogP contribution is 2.33. The van der Waals surface area contributed by atoms with E-state index in [2.05, 4.69) is 9.80 Å². The van der Waals surface area contributed by atoms with Gasteiger partial charge >= 0.3 is 0 Å². The Labute approximate surface area is 214 Å². The van der Waals surface area contributed by atoms with E-state index in [1.165, 1.54) is 16.2 Å². The van der Waals surface area contributed by atoms with Crippen LogP contribution in [0.3, 0.4) is 0 Å². The van der Waals surface area contributed by atoms with Crippen molar-refractivity contribution in [3.05, 3.63) is 44.7 Å². The first-order chi connectivity index (χ1) is 16.9. The Bertz CT molecular complexity index is 1190. The number of hydrogen-bond donors (Lipinski definition) is 1. The van der Waals surface area contributed by atoms with Gasteiger partial charge in [0.15, 0.2) is 0 Å². The summed E-state index contributed by atoms with van der Waals surface area (Å²) in [7, 11) is 0. The number of aliphatic hydroxyl groups is 1. The van der Waals surface area contributed by atoms with Gasteiger partial charge in [-0.15, -0.1) is 0 Å². The second-order valence-corrected chi connectivity index (χ2v) is 10.2. The second kappa shape index (κ2) is 11.6. The van der Waals surface area contributed by atoms with E-state index < -0.39 is 0 Å². The number of rotatable bonds is 9. The average Bonchev–Trinajstić information content (AvgIpc) is 3.12. The van der Waals surface area contributed by atoms with Crippen molar-refractivity contribution in [2.24, 2.45) is 0 Å². The zero-order valence-corrected chi connectivity index (χ0v) is 21.7. The second-order valence-electron chi connectivity index (χ2n) is 8.48. The van der Waals surface area contributed by atoms with Gasteiger partial charge in [0.1, 0.15) is 15.8 Å². The number of thiocarbonyl (C=S) groups is 1. The molecule has 1 N–H and O–H groups in total. The van der Waals surface area contributed by atoms with Crippen LogP contribution in [0.15, 0.2) is 28.0 Å². The Kier molecular flexibility index (Phi) is 8.55. The van der Waals surface area contributed by atoms with Crippen molar-refractivity contribution < 1.29 is 14.6 Å². The van der Waals surface area contributed by atoms with Gasteiger partial charge in [-0.3, -0.25) is 23.8 Å². The number of piperazine rings is 1. The van der Waals surface area contributed by atoms with Crippen LogP contribution in [0.5, 0.6) is 0 Å². The highest BCUT2D eigenvalue weighted by molar-refractivity contribution is 8.26. The molecule has 1 amide bonds. The Morgan fingerprint density at radius 3 is 2.71 bits per heavy atom. The van der Waals surface area contributed by atoms with Gasteiger partial charge in [-0.1, -0.05) is 30.0 Å². The maximum Gasteiger partial charge on any atom is 0.267 e. The minimum atomic E-state index is -0.215. The topological polar surface area (TPSA) is 90.6 Å². The van der Waals surface area contributed by atoms with Crippen LogP contribution in [0.2, 0.25) is 0 Å². The summed E-state index contributed by atoms with van der Waals surface area (Å²) in [4.78, 5) is 38.0. The van der Waals surface area contributed by atoms with Crippen molar-refractivity contribution in [2.45, 2.75) is 20.3 Å². The third-order valence-electron chi connectivity index (χ3n) is 6.18. The Morgan fingerprint density at radius 1 is 1.23 bits per heavy atom. The first-order valence-electron chi connectivity index (χ1n) is 11.9. The molecule has 2 aromatic heterocycles. The maximum atomic E-state index is 13.6. The van der Waals surface area contributed by atoms with Gasteiger partial charge in [-0.05, 0) is 38.0 Å². The monoisotopic (exact) mass is 517 g/mol. The first kappa shape index (κ1) is 25.8. The summed E-state index contributed by atoms with van der Waals surface area (Å²) >= 11 is 6.68. The molecule has 4 rings (SSSR count). The molecule has 2 aliphatic rings. The van der Waals surface area contributed by atoms with E-state index in [1.807, 2.05) is 26.0 Å². The Hall–Kier alpha value is -2.31. The van der Waals surface area contributed by atoms with E-state index >= 15 is 0 Å². The molecule has 35 heavy (non-hydrogen) atoms. The van der Waals surface area contributed by atoms with E-state index in [-0.39, 0.29) is 18.1 Å². The number of ether oxygens (including phenoxy) is 1. The minimum Gasteiger partial charge on any atom is -0.395 e. The number of thioether (sulfide) groups is 1. The molecule has 9 nitrogen and oxygen atoms in total. The van der Waals surface area contributed by atoms with Crippen molar-refractivity contribution in [3.63, 3.8) is 0 Å². The number of anilines is 1. The molecule has 11 heteroatoms. The lowest BCUT2D eigenvalue weighted by Gasteiger charge is -2.35. The van der Waals surface area contributed by atoms with Gasteiger partial charge < -0.3 is 14.7 Å². The van der Waals surface area contributed by atoms with Crippen molar-refractivity contribution in [1.82, 2.24) is 19.2 Å². The molecule has 0 saturated carbocycles. The van der Waals surface area contributed by atoms with E-state index in [0.29, 0.717) is 72.1 Å². The van der Waals surface area contributed by atoms with Crippen molar-refractivity contribution in [1.29, 1.82) is 0 Å². The molecule has 2 aromatic rings. The van der Waals surface area contributed by atoms with Crippen molar-refractivity contribution in [2.75, 3.05) is 64.0 Å². The van der Waals surface area contributed by atoms with Gasteiger partial charge in [0.25, 0.3) is 11.5 Å². The molecule has 2 saturated heterocycles. The van der Waals surface area contributed by atoms with E-state index in [0.717, 1.165) is 18.7 Å². The predicted molar refractivity (Wildman–Crippen MR) is 143 cm³/mol. The Balaban J connectivity index is 1.70. The number of carbonyl (C=O) groups excluding carboxylic acids is 1. The summed E-state index contributed by atoms with van der Waals surface area (Å²) in [6, 6.07) is 3.75. The van der Waals surface area contributed by atoms with Crippen molar-refractivity contribution >= 4 is 51.7 Å². The molecule has 2 aliphatic heterocycles. The number of β-amino-alcohol motifs (C(OH)–C–C–N with tert-alkyl or cyclic N) is 1. The van der Waals surface area contributed by atoms with Crippen LogP contribution in [0.4, 0.5) is 5.82 Å². The maximum absolute atomic E-state index is 13.6. The van der Waals surface area contributed by atoms with Gasteiger partial charge in [0.2, 0.25) is 0 Å². The third-order valence-corrected chi connectivity index (χ3v) is 7.55. The molecular formula is C24H31N5O4S2. The average molecular weight is 518 g/mol. The SMILES string of the molecule is CCOCCCN1C(=O)C(=Cc2c(N3CCN(CCO)CC3)nc3c(C)cccn3c2=O)SC1=S. The molecule has 0 aromatic carbocycles. The van der Waals surface area contributed by atoms with Crippen LogP contribution in [0.1, 0.15) is 24.5 Å². The predicted octanol–water partition coefficient (Wildman–Crippen LogP) is 1.75. The lowest BCUT2D eigenvalue weighted by Crippen LogP contribution is -2.48.